The molecule has 0 saturated heterocycles. The highest BCUT2D eigenvalue weighted by Crippen LogP contribution is 2.33. The van der Waals surface area contributed by atoms with E-state index in [9.17, 15) is 0 Å². The summed E-state index contributed by atoms with van der Waals surface area (Å²) in [5, 5.41) is 0. The Morgan fingerprint density at radius 3 is 3.00 bits per heavy atom. The average molecular weight is 274 g/mol. The van der Waals surface area contributed by atoms with Crippen LogP contribution in [0.25, 0.3) is 20.7 Å². The van der Waals surface area contributed by atoms with Crippen LogP contribution in [0.5, 0.6) is 0 Å². The maximum atomic E-state index is 6.06. The number of rotatable bonds is 3. The first-order chi connectivity index (χ1) is 8.78. The molecule has 0 radical (unpaired) electrons. The third-order valence-corrected chi connectivity index (χ3v) is 5.11. The molecule has 2 heterocycles. The van der Waals surface area contributed by atoms with Gasteiger partial charge < -0.3 is 5.73 Å². The predicted molar refractivity (Wildman–Crippen MR) is 80.2 cm³/mol. The smallest absolute Gasteiger partial charge is 0.0812 e. The van der Waals surface area contributed by atoms with Gasteiger partial charge in [0.15, 0.2) is 0 Å². The molecule has 2 N–H and O–H groups in total. The van der Waals surface area contributed by atoms with Gasteiger partial charge in [-0.3, -0.25) is 0 Å². The number of nitrogens with zero attached hydrogens (tertiary/aromatic N) is 1. The van der Waals surface area contributed by atoms with Gasteiger partial charge in [-0.15, -0.1) is 22.7 Å². The maximum Gasteiger partial charge on any atom is 0.0812 e. The molecule has 0 fully saturated rings. The molecule has 1 unspecified atom stereocenters. The van der Waals surface area contributed by atoms with Crippen molar-refractivity contribution in [3.05, 3.63) is 40.7 Å². The number of benzene rings is 1. The van der Waals surface area contributed by atoms with Crippen molar-refractivity contribution in [3.8, 4) is 10.4 Å². The lowest BCUT2D eigenvalue weighted by molar-refractivity contribution is 0.712. The molecule has 1 atom stereocenters. The highest BCUT2D eigenvalue weighted by Gasteiger charge is 2.09. The third-order valence-electron chi connectivity index (χ3n) is 3.05. The monoisotopic (exact) mass is 274 g/mol. The maximum absolute atomic E-state index is 6.06. The predicted octanol–water partition coefficient (Wildman–Crippen LogP) is 4.43. The van der Waals surface area contributed by atoms with E-state index in [0.717, 1.165) is 11.9 Å². The molecule has 0 aliphatic heterocycles. The summed E-state index contributed by atoms with van der Waals surface area (Å²) in [5.41, 5.74) is 10.3. The summed E-state index contributed by atoms with van der Waals surface area (Å²) in [6, 6.07) is 10.9. The van der Waals surface area contributed by atoms with Crippen LogP contribution >= 0.6 is 22.7 Å². The minimum atomic E-state index is 0.163. The molecule has 0 bridgehead atoms. The summed E-state index contributed by atoms with van der Waals surface area (Å²) >= 11 is 3.47. The van der Waals surface area contributed by atoms with E-state index in [2.05, 4.69) is 42.2 Å². The van der Waals surface area contributed by atoms with Crippen molar-refractivity contribution >= 4 is 32.9 Å². The SMILES string of the molecule is CCC(N)c1ccc(-c2ccc3ncsc3c2)s1. The zero-order valence-electron chi connectivity index (χ0n) is 10.1. The van der Waals surface area contributed by atoms with Crippen LogP contribution in [0.4, 0.5) is 0 Å². The average Bonchev–Trinajstić information content (AvgIpc) is 3.05. The van der Waals surface area contributed by atoms with Crippen molar-refractivity contribution in [1.29, 1.82) is 0 Å². The lowest BCUT2D eigenvalue weighted by Gasteiger charge is -2.04. The first-order valence-corrected chi connectivity index (χ1v) is 7.66. The Morgan fingerprint density at radius 1 is 1.28 bits per heavy atom. The minimum absolute atomic E-state index is 0.163. The van der Waals surface area contributed by atoms with Gasteiger partial charge in [-0.1, -0.05) is 13.0 Å². The highest BCUT2D eigenvalue weighted by molar-refractivity contribution is 7.17. The Hall–Kier alpha value is -1.23. The zero-order chi connectivity index (χ0) is 12.5. The Morgan fingerprint density at radius 2 is 2.17 bits per heavy atom. The number of aromatic nitrogens is 1. The van der Waals surface area contributed by atoms with E-state index in [1.807, 2.05) is 5.51 Å². The summed E-state index contributed by atoms with van der Waals surface area (Å²) in [6.07, 6.45) is 0.980. The van der Waals surface area contributed by atoms with Crippen LogP contribution in [-0.2, 0) is 0 Å². The molecule has 0 aliphatic rings. The van der Waals surface area contributed by atoms with Crippen LogP contribution in [-0.4, -0.2) is 4.98 Å². The van der Waals surface area contributed by atoms with Crippen molar-refractivity contribution in [3.63, 3.8) is 0 Å². The first kappa shape index (κ1) is 11.8. The molecule has 0 aliphatic carbocycles. The molecule has 18 heavy (non-hydrogen) atoms. The number of hydrogen-bond acceptors (Lipinski definition) is 4. The van der Waals surface area contributed by atoms with Gasteiger partial charge in [0.1, 0.15) is 0 Å². The molecule has 1 aromatic carbocycles. The number of fused-ring (bicyclic) bond motifs is 1. The molecule has 3 rings (SSSR count). The standard InChI is InChI=1S/C14H14N2S2/c1-2-10(15)13-6-5-12(18-13)9-3-4-11-14(7-9)17-8-16-11/h3-8,10H,2,15H2,1H3. The molecule has 0 amide bonds. The Bertz CT molecular complexity index is 669. The van der Waals surface area contributed by atoms with Gasteiger partial charge in [-0.2, -0.15) is 0 Å². The molecule has 2 aromatic heterocycles. The summed E-state index contributed by atoms with van der Waals surface area (Å²) in [6.45, 7) is 2.12. The van der Waals surface area contributed by atoms with Gasteiger partial charge in [0.2, 0.25) is 0 Å². The van der Waals surface area contributed by atoms with Crippen molar-refractivity contribution in [2.24, 2.45) is 5.73 Å². The fraction of sp³-hybridized carbons (Fsp3) is 0.214. The van der Waals surface area contributed by atoms with Gasteiger partial charge in [-0.25, -0.2) is 4.98 Å². The highest BCUT2D eigenvalue weighted by atomic mass is 32.1. The van der Waals surface area contributed by atoms with E-state index in [1.165, 1.54) is 20.0 Å². The van der Waals surface area contributed by atoms with Crippen molar-refractivity contribution < 1.29 is 0 Å². The van der Waals surface area contributed by atoms with Crippen LogP contribution in [0.15, 0.2) is 35.8 Å². The van der Waals surface area contributed by atoms with Gasteiger partial charge in [0, 0.05) is 15.8 Å². The van der Waals surface area contributed by atoms with E-state index >= 15 is 0 Å². The van der Waals surface area contributed by atoms with E-state index in [1.54, 1.807) is 22.7 Å². The quantitative estimate of drug-likeness (QED) is 0.767. The van der Waals surface area contributed by atoms with Crippen LogP contribution in [0.3, 0.4) is 0 Å². The normalized spacial score (nSPS) is 13.0. The second kappa shape index (κ2) is 4.80. The topological polar surface area (TPSA) is 38.9 Å². The number of nitrogens with two attached hydrogens (primary N) is 1. The third kappa shape index (κ3) is 2.07. The molecular weight excluding hydrogens is 260 g/mol. The second-order valence-electron chi connectivity index (χ2n) is 4.25. The van der Waals surface area contributed by atoms with Gasteiger partial charge in [0.25, 0.3) is 0 Å². The van der Waals surface area contributed by atoms with Gasteiger partial charge in [0.05, 0.1) is 15.7 Å². The van der Waals surface area contributed by atoms with Crippen molar-refractivity contribution in [2.45, 2.75) is 19.4 Å². The van der Waals surface area contributed by atoms with Crippen molar-refractivity contribution in [1.82, 2.24) is 4.98 Å². The molecule has 4 heteroatoms. The Balaban J connectivity index is 2.00. The molecule has 3 aromatic rings. The molecular formula is C14H14N2S2. The molecule has 0 spiro atoms. The molecule has 92 valence electrons. The molecule has 2 nitrogen and oxygen atoms in total. The minimum Gasteiger partial charge on any atom is -0.323 e. The molecule has 0 saturated carbocycles. The van der Waals surface area contributed by atoms with E-state index in [4.69, 9.17) is 5.73 Å². The summed E-state index contributed by atoms with van der Waals surface area (Å²) < 4.78 is 1.24. The largest absolute Gasteiger partial charge is 0.323 e. The fourth-order valence-electron chi connectivity index (χ4n) is 1.92. The summed E-state index contributed by atoms with van der Waals surface area (Å²) in [4.78, 5) is 6.84. The van der Waals surface area contributed by atoms with Crippen LogP contribution < -0.4 is 5.73 Å². The van der Waals surface area contributed by atoms with Gasteiger partial charge in [-0.05, 0) is 36.2 Å². The number of thiazole rings is 1. The zero-order valence-corrected chi connectivity index (χ0v) is 11.7. The second-order valence-corrected chi connectivity index (χ2v) is 6.25. The summed E-state index contributed by atoms with van der Waals surface area (Å²) in [7, 11) is 0. The lowest BCUT2D eigenvalue weighted by atomic mass is 10.1. The summed E-state index contributed by atoms with van der Waals surface area (Å²) in [5.74, 6) is 0. The lowest BCUT2D eigenvalue weighted by Crippen LogP contribution is -2.05. The van der Waals surface area contributed by atoms with Crippen LogP contribution in [0.1, 0.15) is 24.3 Å². The Labute approximate surface area is 114 Å². The van der Waals surface area contributed by atoms with E-state index in [-0.39, 0.29) is 6.04 Å². The fourth-order valence-corrected chi connectivity index (χ4v) is 3.72. The van der Waals surface area contributed by atoms with Gasteiger partial charge >= 0.3 is 0 Å². The van der Waals surface area contributed by atoms with Crippen molar-refractivity contribution in [2.75, 3.05) is 0 Å². The van der Waals surface area contributed by atoms with Crippen LogP contribution in [0.2, 0.25) is 0 Å². The van der Waals surface area contributed by atoms with Crippen LogP contribution in [0, 0.1) is 0 Å². The van der Waals surface area contributed by atoms with E-state index < -0.39 is 0 Å². The number of thiophene rings is 1. The number of hydrogen-bond donors (Lipinski definition) is 1. The first-order valence-electron chi connectivity index (χ1n) is 5.97. The Kier molecular flexibility index (Phi) is 3.16. The van der Waals surface area contributed by atoms with E-state index in [0.29, 0.717) is 0 Å².